The van der Waals surface area contributed by atoms with Gasteiger partial charge in [0.05, 0.1) is 17.7 Å². The molecule has 2 N–H and O–H groups in total. The number of carbonyl (C=O) groups excluding carboxylic acids is 1. The van der Waals surface area contributed by atoms with Gasteiger partial charge in [-0.05, 0) is 36.8 Å². The third-order valence-corrected chi connectivity index (χ3v) is 8.02. The number of amides is 1. The summed E-state index contributed by atoms with van der Waals surface area (Å²) in [6, 6.07) is 11.6. The number of anilines is 1. The van der Waals surface area contributed by atoms with Crippen LogP contribution in [-0.2, 0) is 14.6 Å². The average molecular weight is 430 g/mol. The molecular weight excluding hydrogens is 410 g/mol. The van der Waals surface area contributed by atoms with Crippen LogP contribution in [-0.4, -0.2) is 26.5 Å². The summed E-state index contributed by atoms with van der Waals surface area (Å²) in [7, 11) is -2.31. The topological polar surface area (TPSA) is 92.7 Å². The Morgan fingerprint density at radius 1 is 1.17 bits per heavy atom. The van der Waals surface area contributed by atoms with E-state index in [4.69, 9.17) is 4.74 Å². The van der Waals surface area contributed by atoms with Gasteiger partial charge in [-0.1, -0.05) is 23.8 Å². The number of hydrogen-bond acceptors (Lipinski definition) is 6. The molecule has 8 heteroatoms. The van der Waals surface area contributed by atoms with E-state index in [2.05, 4.69) is 5.32 Å². The van der Waals surface area contributed by atoms with Gasteiger partial charge in [-0.3, -0.25) is 4.79 Å². The zero-order valence-corrected chi connectivity index (χ0v) is 17.4. The Labute approximate surface area is 172 Å². The van der Waals surface area contributed by atoms with Crippen LogP contribution in [0.1, 0.15) is 28.3 Å². The van der Waals surface area contributed by atoms with Gasteiger partial charge in [0, 0.05) is 22.6 Å². The van der Waals surface area contributed by atoms with E-state index in [-0.39, 0.29) is 33.8 Å². The molecule has 2 aromatic carbocycles. The van der Waals surface area contributed by atoms with Gasteiger partial charge in [-0.25, -0.2) is 8.42 Å². The average Bonchev–Trinajstić information content (AvgIpc) is 3.12. The first-order valence-electron chi connectivity index (χ1n) is 8.91. The Hall–Kier alpha value is -2.84. The Morgan fingerprint density at radius 3 is 2.55 bits per heavy atom. The standard InChI is InChI=1S/C21H19NO5S2/c1-12-3-6-14(7-4-12)29(25,26)18-11-28-21-15(10-19(24)22-20(18)21)13-5-8-17(27-2)16(23)9-13/h3-9,11,15,23H,10H2,1-2H3,(H,22,24). The predicted molar refractivity (Wildman–Crippen MR) is 111 cm³/mol. The van der Waals surface area contributed by atoms with Gasteiger partial charge in [0.1, 0.15) is 4.90 Å². The van der Waals surface area contributed by atoms with Gasteiger partial charge < -0.3 is 15.2 Å². The Morgan fingerprint density at radius 2 is 1.90 bits per heavy atom. The molecular formula is C21H19NO5S2. The lowest BCUT2D eigenvalue weighted by Crippen LogP contribution is -2.23. The summed E-state index contributed by atoms with van der Waals surface area (Å²) in [6.07, 6.45) is 0.170. The largest absolute Gasteiger partial charge is 0.504 e. The number of phenolic OH excluding ortho intramolecular Hbond substituents is 1. The minimum atomic E-state index is -3.78. The maximum atomic E-state index is 13.2. The van der Waals surface area contributed by atoms with Crippen LogP contribution in [0.4, 0.5) is 5.69 Å². The van der Waals surface area contributed by atoms with E-state index in [1.807, 2.05) is 6.92 Å². The van der Waals surface area contributed by atoms with E-state index in [1.54, 1.807) is 47.8 Å². The summed E-state index contributed by atoms with van der Waals surface area (Å²) < 4.78 is 31.4. The number of benzene rings is 2. The zero-order valence-electron chi connectivity index (χ0n) is 15.8. The van der Waals surface area contributed by atoms with Crippen molar-refractivity contribution < 1.29 is 23.1 Å². The number of methoxy groups -OCH3 is 1. The molecule has 1 aliphatic rings. The minimum Gasteiger partial charge on any atom is -0.504 e. The summed E-state index contributed by atoms with van der Waals surface area (Å²) in [6.45, 7) is 1.89. The number of sulfone groups is 1. The van der Waals surface area contributed by atoms with Crippen LogP contribution in [0.3, 0.4) is 0 Å². The number of nitrogens with one attached hydrogen (secondary N) is 1. The fourth-order valence-electron chi connectivity index (χ4n) is 3.44. The number of phenols is 1. The number of fused-ring (bicyclic) bond motifs is 1. The number of aromatic hydroxyl groups is 1. The van der Waals surface area contributed by atoms with Crippen molar-refractivity contribution in [3.8, 4) is 11.5 Å². The van der Waals surface area contributed by atoms with Gasteiger partial charge in [-0.15, -0.1) is 11.3 Å². The second-order valence-electron chi connectivity index (χ2n) is 6.89. The fourth-order valence-corrected chi connectivity index (χ4v) is 6.35. The molecule has 1 atom stereocenters. The minimum absolute atomic E-state index is 0.0263. The Kier molecular flexibility index (Phi) is 4.84. The van der Waals surface area contributed by atoms with Gasteiger partial charge in [0.2, 0.25) is 15.7 Å². The summed E-state index contributed by atoms with van der Waals surface area (Å²) >= 11 is 1.29. The van der Waals surface area contributed by atoms with Crippen LogP contribution in [0, 0.1) is 6.92 Å². The lowest BCUT2D eigenvalue weighted by Gasteiger charge is -2.24. The fraction of sp³-hybridized carbons (Fsp3) is 0.190. The summed E-state index contributed by atoms with van der Waals surface area (Å²) in [5, 5.41) is 14.4. The molecule has 1 amide bonds. The maximum Gasteiger partial charge on any atom is 0.225 e. The quantitative estimate of drug-likeness (QED) is 0.652. The highest BCUT2D eigenvalue weighted by molar-refractivity contribution is 7.91. The second kappa shape index (κ2) is 7.20. The van der Waals surface area contributed by atoms with Crippen molar-refractivity contribution in [3.63, 3.8) is 0 Å². The number of aryl methyl sites for hydroxylation is 1. The molecule has 29 heavy (non-hydrogen) atoms. The van der Waals surface area contributed by atoms with E-state index in [1.165, 1.54) is 18.4 Å². The molecule has 0 spiro atoms. The molecule has 0 saturated heterocycles. The molecule has 2 heterocycles. The summed E-state index contributed by atoms with van der Waals surface area (Å²) in [5.41, 5.74) is 2.01. The second-order valence-corrected chi connectivity index (χ2v) is 9.72. The van der Waals surface area contributed by atoms with E-state index in [0.29, 0.717) is 11.4 Å². The van der Waals surface area contributed by atoms with E-state index in [9.17, 15) is 18.3 Å². The highest BCUT2D eigenvalue weighted by Gasteiger charge is 2.34. The van der Waals surface area contributed by atoms with Crippen LogP contribution in [0.5, 0.6) is 11.5 Å². The lowest BCUT2D eigenvalue weighted by atomic mass is 9.90. The number of carbonyl (C=O) groups is 1. The number of thiophene rings is 1. The lowest BCUT2D eigenvalue weighted by molar-refractivity contribution is -0.116. The van der Waals surface area contributed by atoms with E-state index < -0.39 is 9.84 Å². The Balaban J connectivity index is 1.80. The van der Waals surface area contributed by atoms with Crippen LogP contribution in [0.2, 0.25) is 0 Å². The molecule has 0 fully saturated rings. The first-order valence-corrected chi connectivity index (χ1v) is 11.3. The number of rotatable bonds is 4. The molecule has 3 aromatic rings. The smallest absolute Gasteiger partial charge is 0.225 e. The number of hydrogen-bond donors (Lipinski definition) is 2. The highest BCUT2D eigenvalue weighted by atomic mass is 32.2. The van der Waals surface area contributed by atoms with Gasteiger partial charge in [-0.2, -0.15) is 0 Å². The number of ether oxygens (including phenoxy) is 1. The monoisotopic (exact) mass is 429 g/mol. The van der Waals surface area contributed by atoms with E-state index >= 15 is 0 Å². The highest BCUT2D eigenvalue weighted by Crippen LogP contribution is 2.46. The van der Waals surface area contributed by atoms with Crippen LogP contribution >= 0.6 is 11.3 Å². The molecule has 0 aliphatic carbocycles. The van der Waals surface area contributed by atoms with Crippen molar-refractivity contribution in [2.24, 2.45) is 0 Å². The van der Waals surface area contributed by atoms with Gasteiger partial charge in [0.15, 0.2) is 11.5 Å². The van der Waals surface area contributed by atoms with Gasteiger partial charge >= 0.3 is 0 Å². The molecule has 1 aromatic heterocycles. The summed E-state index contributed by atoms with van der Waals surface area (Å²) in [5.74, 6) is -0.302. The van der Waals surface area contributed by atoms with Crippen molar-refractivity contribution in [1.82, 2.24) is 0 Å². The molecule has 0 radical (unpaired) electrons. The van der Waals surface area contributed by atoms with Crippen LogP contribution in [0.25, 0.3) is 0 Å². The Bertz CT molecular complexity index is 1200. The molecule has 0 bridgehead atoms. The van der Waals surface area contributed by atoms with Crippen molar-refractivity contribution in [2.75, 3.05) is 12.4 Å². The van der Waals surface area contributed by atoms with Gasteiger partial charge in [0.25, 0.3) is 0 Å². The maximum absolute atomic E-state index is 13.2. The molecule has 1 unspecified atom stereocenters. The third-order valence-electron chi connectivity index (χ3n) is 4.98. The van der Waals surface area contributed by atoms with E-state index in [0.717, 1.165) is 16.0 Å². The molecule has 4 rings (SSSR count). The first-order chi connectivity index (χ1) is 13.8. The molecule has 6 nitrogen and oxygen atoms in total. The van der Waals surface area contributed by atoms with Crippen molar-refractivity contribution in [2.45, 2.75) is 29.1 Å². The molecule has 0 saturated carbocycles. The van der Waals surface area contributed by atoms with Crippen molar-refractivity contribution >= 4 is 32.8 Å². The van der Waals surface area contributed by atoms with Crippen LogP contribution < -0.4 is 10.1 Å². The molecule has 150 valence electrons. The SMILES string of the molecule is COc1ccc(C2CC(=O)Nc3c(S(=O)(=O)c4ccc(C)cc4)csc32)cc1O. The summed E-state index contributed by atoms with van der Waals surface area (Å²) in [4.78, 5) is 13.4. The first kappa shape index (κ1) is 19.5. The van der Waals surface area contributed by atoms with Crippen molar-refractivity contribution in [3.05, 3.63) is 63.8 Å². The third kappa shape index (κ3) is 3.38. The predicted octanol–water partition coefficient (Wildman–Crippen LogP) is 4.08. The van der Waals surface area contributed by atoms with Crippen LogP contribution in [0.15, 0.2) is 57.6 Å². The zero-order chi connectivity index (χ0) is 20.8. The molecule has 1 aliphatic heterocycles. The van der Waals surface area contributed by atoms with Crippen molar-refractivity contribution in [1.29, 1.82) is 0 Å². The normalized spacial score (nSPS) is 16.2.